The van der Waals surface area contributed by atoms with Crippen LogP contribution in [-0.4, -0.2) is 53.7 Å². The van der Waals surface area contributed by atoms with Gasteiger partial charge in [-0.15, -0.1) is 0 Å². The first-order chi connectivity index (χ1) is 11.6. The lowest BCUT2D eigenvalue weighted by Crippen LogP contribution is -2.56. The van der Waals surface area contributed by atoms with Crippen molar-refractivity contribution in [2.24, 2.45) is 5.92 Å². The number of hydrogen-bond acceptors (Lipinski definition) is 5. The number of hydrogen-bond donors (Lipinski definition) is 1. The monoisotopic (exact) mass is 354 g/mol. The highest BCUT2D eigenvalue weighted by Gasteiger charge is 2.45. The molecule has 2 rings (SSSR count). The molecular formula is C18H30N2O5. The Balaban J connectivity index is 2.18. The zero-order chi connectivity index (χ0) is 18.8. The summed E-state index contributed by atoms with van der Waals surface area (Å²) in [7, 11) is 1.34. The van der Waals surface area contributed by atoms with Crippen LogP contribution in [0.5, 0.6) is 0 Å². The van der Waals surface area contributed by atoms with Crippen molar-refractivity contribution in [3.8, 4) is 0 Å². The van der Waals surface area contributed by atoms with Crippen LogP contribution in [-0.2, 0) is 19.1 Å². The zero-order valence-electron chi connectivity index (χ0n) is 15.8. The van der Waals surface area contributed by atoms with Crippen molar-refractivity contribution in [1.29, 1.82) is 0 Å². The summed E-state index contributed by atoms with van der Waals surface area (Å²) in [5.41, 5.74) is -0.632. The molecule has 0 aromatic heterocycles. The van der Waals surface area contributed by atoms with Gasteiger partial charge in [0, 0.05) is 6.04 Å². The topological polar surface area (TPSA) is 84.9 Å². The Bertz CT molecular complexity index is 528. The Labute approximate surface area is 149 Å². The van der Waals surface area contributed by atoms with Gasteiger partial charge in [0.25, 0.3) is 0 Å². The van der Waals surface area contributed by atoms with Gasteiger partial charge in [-0.2, -0.15) is 0 Å². The van der Waals surface area contributed by atoms with Gasteiger partial charge >= 0.3 is 12.1 Å². The first-order valence-corrected chi connectivity index (χ1v) is 9.02. The van der Waals surface area contributed by atoms with Crippen molar-refractivity contribution < 1.29 is 23.9 Å². The summed E-state index contributed by atoms with van der Waals surface area (Å²) >= 11 is 0. The van der Waals surface area contributed by atoms with Gasteiger partial charge in [0.2, 0.25) is 5.91 Å². The zero-order valence-corrected chi connectivity index (χ0v) is 15.8. The highest BCUT2D eigenvalue weighted by molar-refractivity contribution is 5.90. The summed E-state index contributed by atoms with van der Waals surface area (Å²) in [6.07, 6.45) is 3.04. The van der Waals surface area contributed by atoms with Gasteiger partial charge in [-0.25, -0.2) is 9.59 Å². The summed E-state index contributed by atoms with van der Waals surface area (Å²) in [6.45, 7) is 7.47. The van der Waals surface area contributed by atoms with Crippen LogP contribution in [0.2, 0.25) is 0 Å². The van der Waals surface area contributed by atoms with Crippen molar-refractivity contribution >= 4 is 18.0 Å². The molecule has 2 aliphatic heterocycles. The van der Waals surface area contributed by atoms with Crippen LogP contribution in [0.1, 0.15) is 59.8 Å². The van der Waals surface area contributed by atoms with E-state index in [1.807, 2.05) is 0 Å². The molecule has 0 bridgehead atoms. The number of esters is 1. The number of methoxy groups -OCH3 is 1. The molecule has 0 spiro atoms. The number of alkyl carbamates (subject to hydrolysis) is 1. The number of carbonyl (C=O) groups is 3. The molecule has 0 radical (unpaired) electrons. The molecule has 2 heterocycles. The van der Waals surface area contributed by atoms with E-state index in [0.29, 0.717) is 18.8 Å². The van der Waals surface area contributed by atoms with Gasteiger partial charge in [0.05, 0.1) is 7.11 Å². The minimum Gasteiger partial charge on any atom is -0.467 e. The van der Waals surface area contributed by atoms with E-state index in [-0.39, 0.29) is 17.9 Å². The minimum atomic E-state index is -0.676. The van der Waals surface area contributed by atoms with Crippen LogP contribution < -0.4 is 5.32 Å². The van der Waals surface area contributed by atoms with Gasteiger partial charge in [-0.3, -0.25) is 4.79 Å². The van der Waals surface area contributed by atoms with E-state index in [1.54, 1.807) is 25.7 Å². The van der Waals surface area contributed by atoms with Crippen LogP contribution in [0.25, 0.3) is 0 Å². The minimum absolute atomic E-state index is 0.0230. The molecule has 2 unspecified atom stereocenters. The fourth-order valence-corrected chi connectivity index (χ4v) is 3.74. The van der Waals surface area contributed by atoms with E-state index in [0.717, 1.165) is 19.3 Å². The second kappa shape index (κ2) is 7.62. The number of rotatable bonds is 2. The molecule has 1 N–H and O–H groups in total. The van der Waals surface area contributed by atoms with Gasteiger partial charge in [-0.1, -0.05) is 6.92 Å². The van der Waals surface area contributed by atoms with Crippen molar-refractivity contribution in [2.45, 2.75) is 83.5 Å². The average molecular weight is 354 g/mol. The van der Waals surface area contributed by atoms with Crippen LogP contribution in [0, 0.1) is 5.92 Å². The van der Waals surface area contributed by atoms with E-state index >= 15 is 0 Å². The molecule has 7 nitrogen and oxygen atoms in total. The maximum Gasteiger partial charge on any atom is 0.408 e. The molecule has 2 amide bonds. The van der Waals surface area contributed by atoms with Crippen molar-refractivity contribution in [3.63, 3.8) is 0 Å². The number of amides is 2. The first kappa shape index (κ1) is 19.5. The lowest BCUT2D eigenvalue weighted by atomic mass is 9.91. The van der Waals surface area contributed by atoms with E-state index in [1.165, 1.54) is 7.11 Å². The third kappa shape index (κ3) is 4.86. The molecule has 25 heavy (non-hydrogen) atoms. The summed E-state index contributed by atoms with van der Waals surface area (Å²) in [5, 5.41) is 2.70. The van der Waals surface area contributed by atoms with E-state index in [2.05, 4.69) is 12.2 Å². The fourth-order valence-electron chi connectivity index (χ4n) is 3.74. The van der Waals surface area contributed by atoms with Crippen LogP contribution >= 0.6 is 0 Å². The van der Waals surface area contributed by atoms with Crippen LogP contribution in [0.3, 0.4) is 0 Å². The molecule has 7 heteroatoms. The fraction of sp³-hybridized carbons (Fsp3) is 0.833. The second-order valence-electron chi connectivity index (χ2n) is 8.13. The molecular weight excluding hydrogens is 324 g/mol. The third-order valence-corrected chi connectivity index (χ3v) is 4.84. The molecule has 0 saturated carbocycles. The lowest BCUT2D eigenvalue weighted by molar-refractivity contribution is -0.153. The molecule has 0 aromatic carbocycles. The Kier molecular flexibility index (Phi) is 5.95. The van der Waals surface area contributed by atoms with E-state index in [4.69, 9.17) is 9.47 Å². The Morgan fingerprint density at radius 3 is 2.44 bits per heavy atom. The molecule has 0 aromatic rings. The highest BCUT2D eigenvalue weighted by atomic mass is 16.6. The molecule has 142 valence electrons. The van der Waals surface area contributed by atoms with E-state index < -0.39 is 23.8 Å². The summed E-state index contributed by atoms with van der Waals surface area (Å²) < 4.78 is 10.1. The normalized spacial score (nSPS) is 30.1. The van der Waals surface area contributed by atoms with Crippen LogP contribution in [0.15, 0.2) is 0 Å². The van der Waals surface area contributed by atoms with Gasteiger partial charge < -0.3 is 19.7 Å². The lowest BCUT2D eigenvalue weighted by Gasteiger charge is -2.36. The number of carbonyl (C=O) groups excluding carboxylic acids is 3. The predicted molar refractivity (Wildman–Crippen MR) is 91.8 cm³/mol. The summed E-state index contributed by atoms with van der Waals surface area (Å²) in [5.74, 6) is -0.185. The Morgan fingerprint density at radius 1 is 1.16 bits per heavy atom. The number of nitrogens with one attached hydrogen (secondary N) is 1. The smallest absolute Gasteiger partial charge is 0.408 e. The Morgan fingerprint density at radius 2 is 1.84 bits per heavy atom. The quantitative estimate of drug-likeness (QED) is 0.769. The number of fused-ring (bicyclic) bond motifs is 1. The largest absolute Gasteiger partial charge is 0.467 e. The number of nitrogens with zero attached hydrogens (tertiary/aromatic N) is 1. The van der Waals surface area contributed by atoms with Crippen molar-refractivity contribution in [3.05, 3.63) is 0 Å². The first-order valence-electron chi connectivity index (χ1n) is 9.02. The molecule has 2 saturated heterocycles. The number of ether oxygens (including phenoxy) is 2. The maximum atomic E-state index is 13.1. The van der Waals surface area contributed by atoms with Crippen LogP contribution in [0.4, 0.5) is 4.79 Å². The summed E-state index contributed by atoms with van der Waals surface area (Å²) in [4.78, 5) is 38.9. The summed E-state index contributed by atoms with van der Waals surface area (Å²) in [6, 6.07) is -1.21. The van der Waals surface area contributed by atoms with Crippen molar-refractivity contribution in [2.75, 3.05) is 7.11 Å². The van der Waals surface area contributed by atoms with Gasteiger partial charge in [0.15, 0.2) is 0 Å². The highest BCUT2D eigenvalue weighted by Crippen LogP contribution is 2.33. The van der Waals surface area contributed by atoms with Crippen molar-refractivity contribution in [1.82, 2.24) is 10.2 Å². The standard InChI is InChI=1S/C18H30N2O5/c1-11-6-8-13(19-17(23)25-18(2,3)4)15(21)20-12(10-11)7-9-14(20)16(22)24-5/h11-14H,6-10H2,1-5H3,(H,19,23)/t11?,12?,13-,14-/m0/s1. The SMILES string of the molecule is COC(=O)[C@@H]1CCC2CC(C)CC[C@H](NC(=O)OC(C)(C)C)C(=O)N21. The molecule has 4 atom stereocenters. The molecule has 0 aliphatic carbocycles. The third-order valence-electron chi connectivity index (χ3n) is 4.84. The van der Waals surface area contributed by atoms with E-state index in [9.17, 15) is 14.4 Å². The molecule has 2 aliphatic rings. The van der Waals surface area contributed by atoms with Gasteiger partial charge in [0.1, 0.15) is 17.7 Å². The average Bonchev–Trinajstić information content (AvgIpc) is 2.90. The Hall–Kier alpha value is -1.79. The molecule has 2 fully saturated rings. The second-order valence-corrected chi connectivity index (χ2v) is 8.13. The maximum absolute atomic E-state index is 13.1. The van der Waals surface area contributed by atoms with Gasteiger partial charge in [-0.05, 0) is 58.8 Å². The predicted octanol–water partition coefficient (Wildman–Crippen LogP) is 2.23.